The van der Waals surface area contributed by atoms with Crippen molar-refractivity contribution < 1.29 is 19.4 Å². The highest BCUT2D eigenvalue weighted by Crippen LogP contribution is 2.51. The summed E-state index contributed by atoms with van der Waals surface area (Å²) in [6.45, 7) is 1.50. The van der Waals surface area contributed by atoms with Crippen molar-refractivity contribution in [2.45, 2.75) is 36.8 Å². The second kappa shape index (κ2) is 8.94. The van der Waals surface area contributed by atoms with Crippen LogP contribution in [0.1, 0.15) is 41.3 Å². The van der Waals surface area contributed by atoms with E-state index < -0.39 is 5.41 Å². The number of β-amino-alcohol motifs (C(OH)–C–C–N with tert-alkyl or cyclic N) is 1. The highest BCUT2D eigenvalue weighted by Gasteiger charge is 2.52. The monoisotopic (exact) mass is 531 g/mol. The Hall–Kier alpha value is -2.36. The van der Waals surface area contributed by atoms with Gasteiger partial charge in [0.05, 0.1) is 27.6 Å². The number of fused-ring (bicyclic) bond motifs is 1. The quantitative estimate of drug-likeness (QED) is 0.465. The summed E-state index contributed by atoms with van der Waals surface area (Å²) in [6, 6.07) is 11.1. The predicted molar refractivity (Wildman–Crippen MR) is 135 cm³/mol. The molecule has 3 aliphatic rings. The molecule has 2 N–H and O–H groups in total. The number of aromatic nitrogens is 1. The van der Waals surface area contributed by atoms with E-state index >= 15 is 0 Å². The van der Waals surface area contributed by atoms with Gasteiger partial charge in [-0.3, -0.25) is 9.69 Å². The first-order valence-corrected chi connectivity index (χ1v) is 13.0. The molecule has 182 valence electrons. The van der Waals surface area contributed by atoms with Gasteiger partial charge >= 0.3 is 0 Å². The molecule has 35 heavy (non-hydrogen) atoms. The number of nitrogens with one attached hydrogen (secondary N) is 1. The van der Waals surface area contributed by atoms with E-state index in [1.165, 1.54) is 11.3 Å². The lowest BCUT2D eigenvalue weighted by atomic mass is 9.94. The van der Waals surface area contributed by atoms with E-state index in [4.69, 9.17) is 32.7 Å². The number of carbonyl (C=O) groups excluding carboxylic acids is 1. The zero-order valence-corrected chi connectivity index (χ0v) is 21.0. The molecule has 3 aromatic rings. The van der Waals surface area contributed by atoms with Gasteiger partial charge in [0.15, 0.2) is 16.6 Å². The van der Waals surface area contributed by atoms with Crippen LogP contribution in [0.15, 0.2) is 42.6 Å². The number of benzene rings is 2. The fourth-order valence-corrected chi connectivity index (χ4v) is 6.17. The Kier molecular flexibility index (Phi) is 5.89. The average Bonchev–Trinajstić information content (AvgIpc) is 3.13. The molecule has 0 spiro atoms. The lowest BCUT2D eigenvalue weighted by Gasteiger charge is -2.27. The fraction of sp³-hybridized carbons (Fsp3) is 0.360. The van der Waals surface area contributed by atoms with Gasteiger partial charge < -0.3 is 19.9 Å². The Balaban J connectivity index is 1.25. The van der Waals surface area contributed by atoms with Gasteiger partial charge in [-0.25, -0.2) is 4.98 Å². The topological polar surface area (TPSA) is 83.9 Å². The molecule has 0 unspecified atom stereocenters. The summed E-state index contributed by atoms with van der Waals surface area (Å²) in [5.74, 6) is 1.31. The highest BCUT2D eigenvalue weighted by atomic mass is 35.5. The molecule has 7 nitrogen and oxygen atoms in total. The van der Waals surface area contributed by atoms with Crippen LogP contribution in [0.5, 0.6) is 11.5 Å². The number of amides is 1. The number of likely N-dealkylation sites (tertiary alicyclic amines) is 1. The summed E-state index contributed by atoms with van der Waals surface area (Å²) in [6.07, 6.45) is 3.67. The third kappa shape index (κ3) is 4.27. The number of hydrogen-bond acceptors (Lipinski definition) is 7. The van der Waals surface area contributed by atoms with E-state index in [0.29, 0.717) is 39.6 Å². The number of anilines is 1. The van der Waals surface area contributed by atoms with Crippen molar-refractivity contribution >= 4 is 45.6 Å². The van der Waals surface area contributed by atoms with Crippen molar-refractivity contribution in [2.24, 2.45) is 0 Å². The SMILES string of the molecule is O=C(Nc1ncc([C@H](c2ccc(Cl)c(Cl)c2)N2CC[C@@H](O)C2)s1)C1(c2ccc3c(c2)OCO3)CC1. The molecule has 2 fully saturated rings. The number of hydrogen-bond donors (Lipinski definition) is 2. The molecule has 0 radical (unpaired) electrons. The van der Waals surface area contributed by atoms with Gasteiger partial charge in [0.2, 0.25) is 12.7 Å². The van der Waals surface area contributed by atoms with Crippen molar-refractivity contribution in [1.29, 1.82) is 0 Å². The highest BCUT2D eigenvalue weighted by molar-refractivity contribution is 7.15. The number of rotatable bonds is 6. The molecule has 1 aromatic heterocycles. The average molecular weight is 532 g/mol. The zero-order chi connectivity index (χ0) is 24.2. The van der Waals surface area contributed by atoms with E-state index in [9.17, 15) is 9.90 Å². The Bertz CT molecular complexity index is 1300. The lowest BCUT2D eigenvalue weighted by Crippen LogP contribution is -2.28. The van der Waals surface area contributed by atoms with Gasteiger partial charge in [-0.15, -0.1) is 0 Å². The van der Waals surface area contributed by atoms with Crippen LogP contribution in [0.25, 0.3) is 0 Å². The fourth-order valence-electron chi connectivity index (χ4n) is 4.89. The second-order valence-electron chi connectivity index (χ2n) is 9.19. The molecule has 6 rings (SSSR count). The molecule has 1 saturated heterocycles. The minimum absolute atomic E-state index is 0.0695. The first kappa shape index (κ1) is 23.1. The summed E-state index contributed by atoms with van der Waals surface area (Å²) in [5.41, 5.74) is 1.32. The van der Waals surface area contributed by atoms with Crippen molar-refractivity contribution in [1.82, 2.24) is 9.88 Å². The van der Waals surface area contributed by atoms with Crippen LogP contribution in [0.3, 0.4) is 0 Å². The molecule has 2 atom stereocenters. The minimum Gasteiger partial charge on any atom is -0.454 e. The minimum atomic E-state index is -0.574. The predicted octanol–water partition coefficient (Wildman–Crippen LogP) is 5.00. The maximum absolute atomic E-state index is 13.3. The van der Waals surface area contributed by atoms with Crippen LogP contribution in [-0.2, 0) is 10.2 Å². The van der Waals surface area contributed by atoms with Crippen molar-refractivity contribution in [3.63, 3.8) is 0 Å². The largest absolute Gasteiger partial charge is 0.454 e. The number of ether oxygens (including phenoxy) is 2. The molecule has 3 heterocycles. The van der Waals surface area contributed by atoms with Crippen LogP contribution in [0, 0.1) is 0 Å². The molecular weight excluding hydrogens is 509 g/mol. The third-order valence-electron chi connectivity index (χ3n) is 6.94. The molecule has 1 aliphatic carbocycles. The number of aliphatic hydroxyl groups excluding tert-OH is 1. The summed E-state index contributed by atoms with van der Waals surface area (Å²) >= 11 is 13.9. The Morgan fingerprint density at radius 2 is 2.00 bits per heavy atom. The third-order valence-corrected chi connectivity index (χ3v) is 8.65. The summed E-state index contributed by atoms with van der Waals surface area (Å²) in [5, 5.41) is 14.7. The second-order valence-corrected chi connectivity index (χ2v) is 11.1. The van der Waals surface area contributed by atoms with E-state index in [0.717, 1.165) is 35.4 Å². The summed E-state index contributed by atoms with van der Waals surface area (Å²) in [4.78, 5) is 21.0. The molecule has 2 aromatic carbocycles. The molecule has 10 heteroatoms. The molecule has 1 saturated carbocycles. The van der Waals surface area contributed by atoms with Gasteiger partial charge in [-0.2, -0.15) is 0 Å². The van der Waals surface area contributed by atoms with Gasteiger partial charge in [-0.1, -0.05) is 46.7 Å². The molecule has 2 aliphatic heterocycles. The summed E-state index contributed by atoms with van der Waals surface area (Å²) < 4.78 is 10.9. The van der Waals surface area contributed by atoms with Crippen molar-refractivity contribution in [3.05, 3.63) is 68.6 Å². The standard InChI is InChI=1S/C25H23Cl2N3O4S/c26-17-3-1-14(9-18(17)27)22(30-8-5-16(31)12-30)21-11-28-24(35-21)29-23(32)25(6-7-25)15-2-4-19-20(10-15)34-13-33-19/h1-4,9-11,16,22,31H,5-8,12-13H2,(H,28,29,32)/t16-,22+/m1/s1. The number of halogens is 2. The Morgan fingerprint density at radius 3 is 2.74 bits per heavy atom. The van der Waals surface area contributed by atoms with Gasteiger partial charge in [0, 0.05) is 24.2 Å². The van der Waals surface area contributed by atoms with Crippen LogP contribution in [-0.4, -0.2) is 46.9 Å². The normalized spacial score (nSPS) is 21.2. The van der Waals surface area contributed by atoms with Crippen molar-refractivity contribution in [3.8, 4) is 11.5 Å². The zero-order valence-electron chi connectivity index (χ0n) is 18.7. The lowest BCUT2D eigenvalue weighted by molar-refractivity contribution is -0.118. The van der Waals surface area contributed by atoms with Crippen LogP contribution >= 0.6 is 34.5 Å². The van der Waals surface area contributed by atoms with Crippen LogP contribution in [0.2, 0.25) is 10.0 Å². The van der Waals surface area contributed by atoms with Crippen LogP contribution < -0.4 is 14.8 Å². The van der Waals surface area contributed by atoms with Gasteiger partial charge in [-0.05, 0) is 54.7 Å². The van der Waals surface area contributed by atoms with E-state index in [1.807, 2.05) is 30.3 Å². The Labute approximate surface area is 216 Å². The summed E-state index contributed by atoms with van der Waals surface area (Å²) in [7, 11) is 0. The molecular formula is C25H23Cl2N3O4S. The van der Waals surface area contributed by atoms with E-state index in [1.54, 1.807) is 12.3 Å². The Morgan fingerprint density at radius 1 is 1.17 bits per heavy atom. The number of carbonyl (C=O) groups is 1. The van der Waals surface area contributed by atoms with E-state index in [-0.39, 0.29) is 24.8 Å². The molecule has 0 bridgehead atoms. The number of aliphatic hydroxyl groups is 1. The van der Waals surface area contributed by atoms with E-state index in [2.05, 4.69) is 15.2 Å². The van der Waals surface area contributed by atoms with Crippen molar-refractivity contribution in [2.75, 3.05) is 25.2 Å². The maximum atomic E-state index is 13.3. The molecule has 1 amide bonds. The maximum Gasteiger partial charge on any atom is 0.236 e. The van der Waals surface area contributed by atoms with Gasteiger partial charge in [0.25, 0.3) is 0 Å². The smallest absolute Gasteiger partial charge is 0.236 e. The van der Waals surface area contributed by atoms with Gasteiger partial charge in [0.1, 0.15) is 0 Å². The number of thiazole rings is 1. The first-order chi connectivity index (χ1) is 16.9. The van der Waals surface area contributed by atoms with Crippen LogP contribution in [0.4, 0.5) is 5.13 Å². The first-order valence-electron chi connectivity index (χ1n) is 11.5. The number of nitrogens with zero attached hydrogens (tertiary/aromatic N) is 2.